The second-order valence-electron chi connectivity index (χ2n) is 2.99. The van der Waals surface area contributed by atoms with Crippen molar-refractivity contribution in [3.63, 3.8) is 0 Å². The number of hydrogen-bond acceptors (Lipinski definition) is 5. The Hall–Kier alpha value is -1.96. The average Bonchev–Trinajstić information content (AvgIpc) is 2.64. The van der Waals surface area contributed by atoms with Gasteiger partial charge in [-0.3, -0.25) is 0 Å². The van der Waals surface area contributed by atoms with Crippen LogP contribution in [0.1, 0.15) is 5.56 Å². The molecule has 5 nitrogen and oxygen atoms in total. The molecular weight excluding hydrogens is 225 g/mol. The highest BCUT2D eigenvalue weighted by molar-refractivity contribution is 5.74. The summed E-state index contributed by atoms with van der Waals surface area (Å²) in [4.78, 5) is 4.57. The minimum atomic E-state index is -4.40. The van der Waals surface area contributed by atoms with E-state index in [2.05, 4.69) is 15.5 Å². The molecule has 0 fully saturated rings. The Bertz CT molecular complexity index is 432. The molecule has 1 aliphatic rings. The fourth-order valence-electron chi connectivity index (χ4n) is 1.15. The Morgan fingerprint density at radius 1 is 1.38 bits per heavy atom. The quantitative estimate of drug-likeness (QED) is 0.763. The van der Waals surface area contributed by atoms with Crippen molar-refractivity contribution in [2.24, 2.45) is 10.8 Å². The number of amidine groups is 1. The summed E-state index contributed by atoms with van der Waals surface area (Å²) < 4.78 is 37.2. The van der Waals surface area contributed by atoms with Gasteiger partial charge >= 0.3 is 12.2 Å². The van der Waals surface area contributed by atoms with E-state index in [0.29, 0.717) is 0 Å². The van der Waals surface area contributed by atoms with Crippen LogP contribution in [0.4, 0.5) is 18.9 Å². The van der Waals surface area contributed by atoms with Crippen LogP contribution >= 0.6 is 0 Å². The molecule has 86 valence electrons. The third-order valence-corrected chi connectivity index (χ3v) is 1.85. The fraction of sp³-hybridized carbons (Fsp3) is 0.125. The summed E-state index contributed by atoms with van der Waals surface area (Å²) >= 11 is 0. The first-order valence-corrected chi connectivity index (χ1v) is 4.21. The van der Waals surface area contributed by atoms with Gasteiger partial charge < -0.3 is 10.6 Å². The van der Waals surface area contributed by atoms with Gasteiger partial charge in [0.15, 0.2) is 0 Å². The van der Waals surface area contributed by atoms with Crippen LogP contribution in [0.15, 0.2) is 29.4 Å². The van der Waals surface area contributed by atoms with E-state index in [4.69, 9.17) is 5.73 Å². The van der Waals surface area contributed by atoms with E-state index >= 15 is 0 Å². The molecule has 0 spiro atoms. The number of alkyl halides is 3. The van der Waals surface area contributed by atoms with E-state index in [0.717, 1.165) is 17.3 Å². The average molecular weight is 232 g/mol. The highest BCUT2D eigenvalue weighted by atomic mass is 19.4. The third-order valence-electron chi connectivity index (χ3n) is 1.85. The van der Waals surface area contributed by atoms with Gasteiger partial charge in [-0.25, -0.2) is 0 Å². The number of nitrogens with two attached hydrogens (primary N) is 1. The van der Waals surface area contributed by atoms with E-state index in [1.54, 1.807) is 0 Å². The van der Waals surface area contributed by atoms with Crippen LogP contribution < -0.4 is 16.4 Å². The molecule has 0 amide bonds. The molecule has 1 aliphatic heterocycles. The van der Waals surface area contributed by atoms with Gasteiger partial charge in [-0.1, -0.05) is 11.2 Å². The van der Waals surface area contributed by atoms with E-state index in [9.17, 15) is 13.2 Å². The van der Waals surface area contributed by atoms with Crippen molar-refractivity contribution in [1.29, 1.82) is 0 Å². The lowest BCUT2D eigenvalue weighted by atomic mass is 10.2. The first-order chi connectivity index (χ1) is 7.47. The Kier molecular flexibility index (Phi) is 2.35. The van der Waals surface area contributed by atoms with Crippen molar-refractivity contribution in [3.8, 4) is 0 Å². The summed E-state index contributed by atoms with van der Waals surface area (Å²) in [6, 6.07) is 4.43. The monoisotopic (exact) mass is 232 g/mol. The van der Waals surface area contributed by atoms with Gasteiger partial charge in [0.2, 0.25) is 0 Å². The lowest BCUT2D eigenvalue weighted by molar-refractivity contribution is -0.137. The molecule has 0 bridgehead atoms. The number of benzene rings is 1. The largest absolute Gasteiger partial charge is 0.416 e. The summed E-state index contributed by atoms with van der Waals surface area (Å²) in [5, 5.41) is 4.61. The summed E-state index contributed by atoms with van der Waals surface area (Å²) in [6.07, 6.45) is -4.40. The molecule has 0 radical (unpaired) electrons. The lowest BCUT2D eigenvalue weighted by Crippen LogP contribution is -2.28. The van der Waals surface area contributed by atoms with E-state index in [-0.39, 0.29) is 11.7 Å². The molecule has 3 N–H and O–H groups in total. The number of rotatable bonds is 1. The van der Waals surface area contributed by atoms with Crippen LogP contribution in [0.3, 0.4) is 0 Å². The minimum absolute atomic E-state index is 0.169. The van der Waals surface area contributed by atoms with Crippen LogP contribution in [0.2, 0.25) is 0 Å². The highest BCUT2D eigenvalue weighted by Gasteiger charge is 2.31. The van der Waals surface area contributed by atoms with Crippen LogP contribution in [-0.4, -0.2) is 6.02 Å². The minimum Gasteiger partial charge on any atom is -0.351 e. The van der Waals surface area contributed by atoms with Gasteiger partial charge in [0.1, 0.15) is 0 Å². The lowest BCUT2D eigenvalue weighted by Gasteiger charge is -2.13. The zero-order valence-corrected chi connectivity index (χ0v) is 7.82. The Labute approximate surface area is 88.2 Å². The zero-order valence-electron chi connectivity index (χ0n) is 7.82. The molecule has 0 aliphatic carbocycles. The molecule has 16 heavy (non-hydrogen) atoms. The van der Waals surface area contributed by atoms with Crippen molar-refractivity contribution in [3.05, 3.63) is 29.8 Å². The second-order valence-corrected chi connectivity index (χ2v) is 2.99. The number of hydrazine groups is 1. The Balaban J connectivity index is 2.30. The van der Waals surface area contributed by atoms with Crippen molar-refractivity contribution < 1.29 is 18.0 Å². The molecule has 0 atom stereocenters. The normalized spacial score (nSPS) is 15.9. The van der Waals surface area contributed by atoms with E-state index < -0.39 is 11.7 Å². The molecule has 0 unspecified atom stereocenters. The van der Waals surface area contributed by atoms with E-state index in [1.807, 2.05) is 0 Å². The summed E-state index contributed by atoms with van der Waals surface area (Å²) in [7, 11) is 0. The summed E-state index contributed by atoms with van der Waals surface area (Å²) in [6.45, 7) is 0. The number of nitrogens with zero attached hydrogens (tertiary/aromatic N) is 2. The number of hydrazone groups is 1. The van der Waals surface area contributed by atoms with Crippen molar-refractivity contribution >= 4 is 11.7 Å². The molecular formula is C8H7F3N4O. The number of nitrogens with one attached hydrogen (secondary N) is 1. The van der Waals surface area contributed by atoms with Crippen LogP contribution in [-0.2, 0) is 11.0 Å². The number of halogens is 3. The zero-order chi connectivity index (χ0) is 11.8. The molecule has 0 aromatic heterocycles. The topological polar surface area (TPSA) is 62.9 Å². The third kappa shape index (κ3) is 2.01. The van der Waals surface area contributed by atoms with Crippen molar-refractivity contribution in [1.82, 2.24) is 5.59 Å². The molecule has 1 heterocycles. The van der Waals surface area contributed by atoms with Crippen molar-refractivity contribution in [2.75, 3.05) is 5.12 Å². The highest BCUT2D eigenvalue weighted by Crippen LogP contribution is 2.31. The number of anilines is 1. The first kappa shape index (κ1) is 10.6. The molecule has 0 saturated carbocycles. The van der Waals surface area contributed by atoms with Gasteiger partial charge in [0, 0.05) is 0 Å². The SMILES string of the molecule is NC1=NN(c2cccc(C(F)(F)F)c2)NO1. The van der Waals surface area contributed by atoms with E-state index in [1.165, 1.54) is 12.1 Å². The molecule has 2 rings (SSSR count). The Morgan fingerprint density at radius 3 is 2.69 bits per heavy atom. The van der Waals surface area contributed by atoms with Crippen LogP contribution in [0, 0.1) is 0 Å². The predicted molar refractivity (Wildman–Crippen MR) is 49.8 cm³/mol. The van der Waals surface area contributed by atoms with Gasteiger partial charge in [-0.15, -0.1) is 0 Å². The maximum Gasteiger partial charge on any atom is 0.416 e. The fourth-order valence-corrected chi connectivity index (χ4v) is 1.15. The molecule has 1 aromatic rings. The first-order valence-electron chi connectivity index (χ1n) is 4.21. The maximum absolute atomic E-state index is 12.4. The van der Waals surface area contributed by atoms with Crippen molar-refractivity contribution in [2.45, 2.75) is 6.18 Å². The van der Waals surface area contributed by atoms with Gasteiger partial charge in [-0.2, -0.15) is 18.3 Å². The summed E-state index contributed by atoms with van der Waals surface area (Å²) in [5.74, 6) is 0. The predicted octanol–water partition coefficient (Wildman–Crippen LogP) is 1.19. The standard InChI is InChI=1S/C8H7F3N4O/c9-8(10,11)5-2-1-3-6(4-5)15-13-7(12)16-14-15/h1-4,14H,(H2,12,13). The maximum atomic E-state index is 12.4. The summed E-state index contributed by atoms with van der Waals surface area (Å²) in [5.41, 5.74) is 6.83. The number of hydrogen-bond donors (Lipinski definition) is 2. The molecule has 1 aromatic carbocycles. The van der Waals surface area contributed by atoms with Crippen LogP contribution in [0.25, 0.3) is 0 Å². The van der Waals surface area contributed by atoms with Gasteiger partial charge in [0.05, 0.1) is 11.3 Å². The van der Waals surface area contributed by atoms with Crippen LogP contribution in [0.5, 0.6) is 0 Å². The second kappa shape index (κ2) is 3.56. The smallest absolute Gasteiger partial charge is 0.351 e. The Morgan fingerprint density at radius 2 is 2.12 bits per heavy atom. The van der Waals surface area contributed by atoms with Gasteiger partial charge in [-0.05, 0) is 23.8 Å². The van der Waals surface area contributed by atoms with Gasteiger partial charge in [0.25, 0.3) is 0 Å². The molecule has 8 heteroatoms. The molecule has 0 saturated heterocycles.